The van der Waals surface area contributed by atoms with E-state index in [1.54, 1.807) is 0 Å². The Balaban J connectivity index is 1.77. The number of likely N-dealkylation sites (tertiary alicyclic amines) is 1. The first-order chi connectivity index (χ1) is 13.8. The van der Waals surface area contributed by atoms with Crippen LogP contribution in [0.4, 0.5) is 24.5 Å². The molecule has 0 aromatic heterocycles. The van der Waals surface area contributed by atoms with Gasteiger partial charge in [-0.3, -0.25) is 9.59 Å². The van der Waals surface area contributed by atoms with Crippen LogP contribution in [0.25, 0.3) is 0 Å². The van der Waals surface area contributed by atoms with Crippen LogP contribution in [0, 0.1) is 0 Å². The zero-order chi connectivity index (χ0) is 20.9. The number of alkyl halides is 3. The lowest BCUT2D eigenvalue weighted by atomic mass is 10.1. The Morgan fingerprint density at radius 3 is 2.34 bits per heavy atom. The van der Waals surface area contributed by atoms with Crippen LogP contribution >= 0.6 is 0 Å². The third kappa shape index (κ3) is 5.87. The lowest BCUT2D eigenvalue weighted by molar-refractivity contribution is -0.137. The summed E-state index contributed by atoms with van der Waals surface area (Å²) in [6.45, 7) is 1.88. The quantitative estimate of drug-likeness (QED) is 0.798. The van der Waals surface area contributed by atoms with Crippen molar-refractivity contribution in [1.29, 1.82) is 0 Å². The van der Waals surface area contributed by atoms with Crippen LogP contribution in [0.15, 0.2) is 18.2 Å². The first kappa shape index (κ1) is 21.5. The van der Waals surface area contributed by atoms with Crippen LogP contribution in [0.2, 0.25) is 0 Å². The van der Waals surface area contributed by atoms with E-state index in [2.05, 4.69) is 5.32 Å². The number of nitrogens with zero attached hydrogens (tertiary/aromatic N) is 2. The van der Waals surface area contributed by atoms with E-state index >= 15 is 0 Å². The maximum Gasteiger partial charge on any atom is 0.416 e. The van der Waals surface area contributed by atoms with Crippen molar-refractivity contribution in [2.45, 2.75) is 57.5 Å². The summed E-state index contributed by atoms with van der Waals surface area (Å²) in [5, 5.41) is 2.65. The number of carbonyl (C=O) groups is 2. The third-order valence-corrected chi connectivity index (χ3v) is 5.55. The Labute approximate surface area is 169 Å². The van der Waals surface area contributed by atoms with Gasteiger partial charge in [0, 0.05) is 26.1 Å². The molecule has 0 atom stereocenters. The molecule has 8 heteroatoms. The number of hydrogen-bond acceptors (Lipinski definition) is 3. The second-order valence-electron chi connectivity index (χ2n) is 7.81. The standard InChI is InChI=1S/C21H28F3N3O2/c22-21(23,24)16-9-10-18(26-11-6-3-7-12-26)17(14-16)25-19(28)15-27-13-5-2-1-4-8-20(27)29/h9-10,14H,1-8,11-13,15H2,(H,25,28). The lowest BCUT2D eigenvalue weighted by Crippen LogP contribution is -2.39. The molecule has 0 unspecified atom stereocenters. The summed E-state index contributed by atoms with van der Waals surface area (Å²) in [6, 6.07) is 3.49. The van der Waals surface area contributed by atoms with E-state index < -0.39 is 17.6 Å². The number of halogens is 3. The van der Waals surface area contributed by atoms with Crippen molar-refractivity contribution in [2.75, 3.05) is 36.4 Å². The molecule has 0 bridgehead atoms. The smallest absolute Gasteiger partial charge is 0.370 e. The molecule has 5 nitrogen and oxygen atoms in total. The van der Waals surface area contributed by atoms with E-state index in [1.165, 1.54) is 11.0 Å². The van der Waals surface area contributed by atoms with Gasteiger partial charge in [0.15, 0.2) is 0 Å². The Kier molecular flexibility index (Phi) is 7.03. The molecule has 2 fully saturated rings. The number of nitrogens with one attached hydrogen (secondary N) is 1. The number of benzene rings is 1. The summed E-state index contributed by atoms with van der Waals surface area (Å²) in [5.41, 5.74) is -0.0350. The van der Waals surface area contributed by atoms with E-state index in [9.17, 15) is 22.8 Å². The molecule has 2 heterocycles. The molecule has 0 saturated carbocycles. The van der Waals surface area contributed by atoms with Gasteiger partial charge in [-0.2, -0.15) is 13.2 Å². The van der Waals surface area contributed by atoms with E-state index in [1.807, 2.05) is 4.90 Å². The minimum Gasteiger partial charge on any atom is -0.370 e. The number of piperidine rings is 1. The van der Waals surface area contributed by atoms with Crippen molar-refractivity contribution >= 4 is 23.2 Å². The summed E-state index contributed by atoms with van der Waals surface area (Å²) in [7, 11) is 0. The normalized spacial score (nSPS) is 18.9. The summed E-state index contributed by atoms with van der Waals surface area (Å²) in [4.78, 5) is 28.4. The summed E-state index contributed by atoms with van der Waals surface area (Å²) < 4.78 is 39.6. The van der Waals surface area contributed by atoms with Gasteiger partial charge in [0.05, 0.1) is 23.5 Å². The molecule has 1 N–H and O–H groups in total. The Bertz CT molecular complexity index is 730. The highest BCUT2D eigenvalue weighted by Crippen LogP contribution is 2.36. The number of amides is 2. The molecule has 29 heavy (non-hydrogen) atoms. The predicted octanol–water partition coefficient (Wildman–Crippen LogP) is 4.43. The van der Waals surface area contributed by atoms with Crippen LogP contribution in [0.3, 0.4) is 0 Å². The third-order valence-electron chi connectivity index (χ3n) is 5.55. The summed E-state index contributed by atoms with van der Waals surface area (Å²) in [5.74, 6) is -0.531. The molecular formula is C21H28F3N3O2. The largest absolute Gasteiger partial charge is 0.416 e. The first-order valence-corrected chi connectivity index (χ1v) is 10.4. The van der Waals surface area contributed by atoms with E-state index in [-0.39, 0.29) is 18.1 Å². The average Bonchev–Trinajstić information content (AvgIpc) is 2.68. The summed E-state index contributed by atoms with van der Waals surface area (Å²) >= 11 is 0. The Morgan fingerprint density at radius 2 is 1.62 bits per heavy atom. The fourth-order valence-corrected chi connectivity index (χ4v) is 3.97. The van der Waals surface area contributed by atoms with Crippen LogP contribution in [-0.2, 0) is 15.8 Å². The van der Waals surface area contributed by atoms with Gasteiger partial charge >= 0.3 is 6.18 Å². The molecule has 2 aliphatic heterocycles. The zero-order valence-corrected chi connectivity index (χ0v) is 16.6. The van der Waals surface area contributed by atoms with Gasteiger partial charge in [0.2, 0.25) is 11.8 Å². The van der Waals surface area contributed by atoms with Crippen LogP contribution in [-0.4, -0.2) is 42.9 Å². The zero-order valence-electron chi connectivity index (χ0n) is 16.6. The Morgan fingerprint density at radius 1 is 0.966 bits per heavy atom. The van der Waals surface area contributed by atoms with Gasteiger partial charge < -0.3 is 15.1 Å². The van der Waals surface area contributed by atoms with Crippen molar-refractivity contribution in [3.05, 3.63) is 23.8 Å². The lowest BCUT2D eigenvalue weighted by Gasteiger charge is -2.31. The molecule has 3 rings (SSSR count). The number of carbonyl (C=O) groups excluding carboxylic acids is 2. The fraction of sp³-hybridized carbons (Fsp3) is 0.619. The van der Waals surface area contributed by atoms with Gasteiger partial charge in [0.25, 0.3) is 0 Å². The molecule has 2 saturated heterocycles. The minimum atomic E-state index is -4.49. The topological polar surface area (TPSA) is 52.7 Å². The highest BCUT2D eigenvalue weighted by atomic mass is 19.4. The minimum absolute atomic E-state index is 0.0693. The van der Waals surface area contributed by atoms with Crippen molar-refractivity contribution in [1.82, 2.24) is 4.90 Å². The predicted molar refractivity (Wildman–Crippen MR) is 106 cm³/mol. The van der Waals surface area contributed by atoms with Crippen LogP contribution in [0.1, 0.15) is 56.9 Å². The van der Waals surface area contributed by atoms with Gasteiger partial charge in [-0.05, 0) is 50.3 Å². The van der Waals surface area contributed by atoms with E-state index in [0.717, 1.165) is 70.2 Å². The number of anilines is 2. The second-order valence-corrected chi connectivity index (χ2v) is 7.81. The van der Waals surface area contributed by atoms with Crippen molar-refractivity contribution < 1.29 is 22.8 Å². The van der Waals surface area contributed by atoms with E-state index in [0.29, 0.717) is 18.7 Å². The van der Waals surface area contributed by atoms with Crippen molar-refractivity contribution in [3.63, 3.8) is 0 Å². The molecule has 0 spiro atoms. The Hall–Kier alpha value is -2.25. The molecule has 2 amide bonds. The second kappa shape index (κ2) is 9.50. The number of hydrogen-bond donors (Lipinski definition) is 1. The molecule has 160 valence electrons. The van der Waals surface area contributed by atoms with E-state index in [4.69, 9.17) is 0 Å². The average molecular weight is 411 g/mol. The SMILES string of the molecule is O=C(CN1CCCCCCC1=O)Nc1cc(C(F)(F)F)ccc1N1CCCCC1. The molecule has 2 aliphatic rings. The van der Waals surface area contributed by atoms with Crippen LogP contribution in [0.5, 0.6) is 0 Å². The molecule has 1 aromatic rings. The molecule has 1 aromatic carbocycles. The van der Waals surface area contributed by atoms with Crippen LogP contribution < -0.4 is 10.2 Å². The first-order valence-electron chi connectivity index (χ1n) is 10.4. The fourth-order valence-electron chi connectivity index (χ4n) is 3.97. The van der Waals surface area contributed by atoms with Gasteiger partial charge in [0.1, 0.15) is 0 Å². The van der Waals surface area contributed by atoms with Crippen molar-refractivity contribution in [2.24, 2.45) is 0 Å². The molecule has 0 aliphatic carbocycles. The maximum atomic E-state index is 13.2. The van der Waals surface area contributed by atoms with Crippen molar-refractivity contribution in [3.8, 4) is 0 Å². The van der Waals surface area contributed by atoms with Gasteiger partial charge in [-0.1, -0.05) is 12.8 Å². The summed E-state index contributed by atoms with van der Waals surface area (Å²) in [6.07, 6.45) is 2.62. The highest BCUT2D eigenvalue weighted by Gasteiger charge is 2.32. The number of rotatable bonds is 4. The monoisotopic (exact) mass is 411 g/mol. The van der Waals surface area contributed by atoms with Gasteiger partial charge in [-0.15, -0.1) is 0 Å². The molecule has 0 radical (unpaired) electrons. The maximum absolute atomic E-state index is 13.2. The highest BCUT2D eigenvalue weighted by molar-refractivity contribution is 5.97. The van der Waals surface area contributed by atoms with Gasteiger partial charge in [-0.25, -0.2) is 0 Å². The molecular weight excluding hydrogens is 383 g/mol.